The van der Waals surface area contributed by atoms with Crippen LogP contribution in [-0.2, 0) is 0 Å². The van der Waals surface area contributed by atoms with E-state index in [4.69, 9.17) is 5.73 Å². The number of rotatable bonds is 16. The molecule has 2 N–H and O–H groups in total. The van der Waals surface area contributed by atoms with Gasteiger partial charge in [0.1, 0.15) is 0 Å². The normalized spacial score (nSPS) is 12.9. The molecule has 0 aliphatic carbocycles. The van der Waals surface area contributed by atoms with Gasteiger partial charge in [0.15, 0.2) is 0 Å². The first-order valence-corrected chi connectivity index (χ1v) is 9.32. The van der Waals surface area contributed by atoms with Crippen LogP contribution in [0.5, 0.6) is 0 Å². The molecule has 0 fully saturated rings. The molecule has 1 atom stereocenters. The molecule has 0 aliphatic rings. The molecule has 0 rings (SSSR count). The summed E-state index contributed by atoms with van der Waals surface area (Å²) in [6.45, 7) is 5.97. The second kappa shape index (κ2) is 17.5. The van der Waals surface area contributed by atoms with Crippen LogP contribution in [-0.4, -0.2) is 6.04 Å². The van der Waals surface area contributed by atoms with Crippen molar-refractivity contribution < 1.29 is 0 Å². The van der Waals surface area contributed by atoms with Crippen LogP contribution in [0.4, 0.5) is 0 Å². The number of hydrogen-bond donors (Lipinski definition) is 1. The third kappa shape index (κ3) is 17.4. The maximum absolute atomic E-state index is 6.13. The van der Waals surface area contributed by atoms with E-state index in [1.54, 1.807) is 0 Å². The molecule has 124 valence electrons. The highest BCUT2D eigenvalue weighted by Gasteiger charge is 2.01. The zero-order valence-electron chi connectivity index (χ0n) is 14.5. The molecular weight excluding hydrogens is 254 g/mol. The first kappa shape index (κ1) is 20.4. The van der Waals surface area contributed by atoms with E-state index in [1.807, 2.05) is 6.08 Å². The van der Waals surface area contributed by atoms with Crippen molar-refractivity contribution in [1.29, 1.82) is 0 Å². The van der Waals surface area contributed by atoms with E-state index in [0.29, 0.717) is 6.04 Å². The molecule has 0 aromatic rings. The number of hydrogen-bond acceptors (Lipinski definition) is 1. The zero-order valence-corrected chi connectivity index (χ0v) is 14.5. The van der Waals surface area contributed by atoms with Crippen LogP contribution in [0.3, 0.4) is 0 Å². The van der Waals surface area contributed by atoms with Crippen molar-refractivity contribution in [3.8, 4) is 0 Å². The highest BCUT2D eigenvalue weighted by atomic mass is 14.6. The molecule has 1 heteroatoms. The van der Waals surface area contributed by atoms with Crippen LogP contribution >= 0.6 is 0 Å². The minimum atomic E-state index is 0.457. The molecule has 0 aromatic carbocycles. The van der Waals surface area contributed by atoms with Gasteiger partial charge in [0, 0.05) is 6.04 Å². The average Bonchev–Trinajstić information content (AvgIpc) is 2.48. The van der Waals surface area contributed by atoms with Crippen LogP contribution in [0.25, 0.3) is 0 Å². The molecule has 0 heterocycles. The molecule has 0 aliphatic heterocycles. The summed E-state index contributed by atoms with van der Waals surface area (Å²) in [5, 5.41) is 0. The van der Waals surface area contributed by atoms with Gasteiger partial charge < -0.3 is 5.73 Å². The van der Waals surface area contributed by atoms with E-state index in [-0.39, 0.29) is 0 Å². The number of allylic oxidation sites excluding steroid dienone is 3. The van der Waals surface area contributed by atoms with Crippen molar-refractivity contribution in [1.82, 2.24) is 0 Å². The first-order valence-electron chi connectivity index (χ1n) is 9.32. The van der Waals surface area contributed by atoms with Crippen molar-refractivity contribution in [3.05, 3.63) is 24.8 Å². The Bertz CT molecular complexity index is 232. The topological polar surface area (TPSA) is 26.0 Å². The summed E-state index contributed by atoms with van der Waals surface area (Å²) in [5.74, 6) is 0. The van der Waals surface area contributed by atoms with Crippen molar-refractivity contribution in [2.24, 2.45) is 5.73 Å². The van der Waals surface area contributed by atoms with Crippen LogP contribution in [0.1, 0.15) is 96.8 Å². The van der Waals surface area contributed by atoms with E-state index in [9.17, 15) is 0 Å². The molecule has 21 heavy (non-hydrogen) atoms. The van der Waals surface area contributed by atoms with E-state index in [2.05, 4.69) is 25.7 Å². The van der Waals surface area contributed by atoms with Gasteiger partial charge >= 0.3 is 0 Å². The van der Waals surface area contributed by atoms with E-state index in [0.717, 1.165) is 6.42 Å². The van der Waals surface area contributed by atoms with E-state index in [1.165, 1.54) is 83.5 Å². The van der Waals surface area contributed by atoms with Crippen LogP contribution in [0, 0.1) is 0 Å². The first-order chi connectivity index (χ1) is 10.3. The molecule has 0 radical (unpaired) electrons. The van der Waals surface area contributed by atoms with Gasteiger partial charge in [-0.3, -0.25) is 0 Å². The second-order valence-electron chi connectivity index (χ2n) is 6.30. The fraction of sp³-hybridized carbons (Fsp3) is 0.800. The Morgan fingerprint density at radius 2 is 1.38 bits per heavy atom. The minimum Gasteiger partial charge on any atom is -0.328 e. The van der Waals surface area contributed by atoms with Gasteiger partial charge in [0.05, 0.1) is 0 Å². The van der Waals surface area contributed by atoms with Gasteiger partial charge in [0.25, 0.3) is 0 Å². The average molecular weight is 294 g/mol. The van der Waals surface area contributed by atoms with Gasteiger partial charge in [-0.15, -0.1) is 6.58 Å². The zero-order chi connectivity index (χ0) is 15.6. The predicted octanol–water partition coefficient (Wildman–Crippen LogP) is 6.54. The Hall–Kier alpha value is -0.560. The SMILES string of the molecule is C=CCC=CCCCCCCCCCC(N)CCCCC. The smallest absolute Gasteiger partial charge is 0.00388 e. The van der Waals surface area contributed by atoms with E-state index < -0.39 is 0 Å². The van der Waals surface area contributed by atoms with Crippen molar-refractivity contribution >= 4 is 0 Å². The van der Waals surface area contributed by atoms with Gasteiger partial charge in [-0.05, 0) is 32.1 Å². The lowest BCUT2D eigenvalue weighted by Gasteiger charge is -2.10. The Kier molecular flexibility index (Phi) is 17.0. The second-order valence-corrected chi connectivity index (χ2v) is 6.30. The predicted molar refractivity (Wildman–Crippen MR) is 97.6 cm³/mol. The Labute approximate surface area is 134 Å². The lowest BCUT2D eigenvalue weighted by atomic mass is 10.0. The molecule has 0 amide bonds. The molecule has 0 spiro atoms. The van der Waals surface area contributed by atoms with Gasteiger partial charge in [-0.1, -0.05) is 82.9 Å². The third-order valence-electron chi connectivity index (χ3n) is 4.09. The summed E-state index contributed by atoms with van der Waals surface area (Å²) in [4.78, 5) is 0. The Morgan fingerprint density at radius 3 is 2.00 bits per heavy atom. The van der Waals surface area contributed by atoms with E-state index >= 15 is 0 Å². The molecule has 0 saturated heterocycles. The summed E-state index contributed by atoms with van der Waals surface area (Å²) >= 11 is 0. The third-order valence-corrected chi connectivity index (χ3v) is 4.09. The standard InChI is InChI=1S/C20H39N/c1-3-5-7-8-9-10-11-12-13-14-15-17-19-20(21)18-16-6-4-2/h3,7-8,20H,1,4-6,9-19,21H2,2H3. The molecular formula is C20H39N. The Balaban J connectivity index is 3.13. The number of unbranched alkanes of at least 4 members (excludes halogenated alkanes) is 9. The Morgan fingerprint density at radius 1 is 0.810 bits per heavy atom. The summed E-state index contributed by atoms with van der Waals surface area (Å²) in [6, 6.07) is 0.457. The molecule has 1 unspecified atom stereocenters. The molecule has 1 nitrogen and oxygen atoms in total. The molecule has 0 bridgehead atoms. The summed E-state index contributed by atoms with van der Waals surface area (Å²) in [7, 11) is 0. The molecule has 0 saturated carbocycles. The lowest BCUT2D eigenvalue weighted by Crippen LogP contribution is -2.19. The fourth-order valence-electron chi connectivity index (χ4n) is 2.66. The highest BCUT2D eigenvalue weighted by molar-refractivity contribution is 4.87. The quantitative estimate of drug-likeness (QED) is 0.254. The summed E-state index contributed by atoms with van der Waals surface area (Å²) in [5.41, 5.74) is 6.13. The summed E-state index contributed by atoms with van der Waals surface area (Å²) < 4.78 is 0. The van der Waals surface area contributed by atoms with Crippen molar-refractivity contribution in [2.75, 3.05) is 0 Å². The van der Waals surface area contributed by atoms with Gasteiger partial charge in [0.2, 0.25) is 0 Å². The molecule has 0 aromatic heterocycles. The fourth-order valence-corrected chi connectivity index (χ4v) is 2.66. The summed E-state index contributed by atoms with van der Waals surface area (Å²) in [6.07, 6.45) is 24.8. The van der Waals surface area contributed by atoms with Crippen LogP contribution < -0.4 is 5.73 Å². The van der Waals surface area contributed by atoms with Crippen molar-refractivity contribution in [3.63, 3.8) is 0 Å². The van der Waals surface area contributed by atoms with Gasteiger partial charge in [-0.2, -0.15) is 0 Å². The van der Waals surface area contributed by atoms with Gasteiger partial charge in [-0.25, -0.2) is 0 Å². The largest absolute Gasteiger partial charge is 0.328 e. The van der Waals surface area contributed by atoms with Crippen LogP contribution in [0.2, 0.25) is 0 Å². The van der Waals surface area contributed by atoms with Crippen molar-refractivity contribution in [2.45, 2.75) is 103 Å². The minimum absolute atomic E-state index is 0.457. The highest BCUT2D eigenvalue weighted by Crippen LogP contribution is 2.12. The maximum atomic E-state index is 6.13. The maximum Gasteiger partial charge on any atom is 0.00388 e. The monoisotopic (exact) mass is 293 g/mol. The lowest BCUT2D eigenvalue weighted by molar-refractivity contribution is 0.490. The van der Waals surface area contributed by atoms with Crippen LogP contribution in [0.15, 0.2) is 24.8 Å². The number of nitrogens with two attached hydrogens (primary N) is 1.